The summed E-state index contributed by atoms with van der Waals surface area (Å²) in [5.41, 5.74) is 0.393. The van der Waals surface area contributed by atoms with Crippen LogP contribution in [0.1, 0.15) is 49.7 Å². The van der Waals surface area contributed by atoms with Gasteiger partial charge in [-0.3, -0.25) is 0 Å². The molecule has 1 heterocycles. The first-order chi connectivity index (χ1) is 9.43. The van der Waals surface area contributed by atoms with Gasteiger partial charge in [-0.2, -0.15) is 4.31 Å². The number of nitrogens with zero attached hydrogens (tertiary/aromatic N) is 1. The average Bonchev–Trinajstić information content (AvgIpc) is 3.14. The first kappa shape index (κ1) is 15.5. The third-order valence-corrected chi connectivity index (χ3v) is 5.88. The Labute approximate surface area is 120 Å². The first-order valence-electron chi connectivity index (χ1n) is 7.15. The minimum absolute atomic E-state index is 0.118. The fourth-order valence-electron chi connectivity index (χ4n) is 2.52. The lowest BCUT2D eigenvalue weighted by atomic mass is 10.2. The second kappa shape index (κ2) is 5.87. The third-order valence-electron chi connectivity index (χ3n) is 3.74. The number of rotatable bonds is 7. The van der Waals surface area contributed by atoms with Crippen molar-refractivity contribution in [3.63, 3.8) is 0 Å². The Morgan fingerprint density at radius 2 is 1.95 bits per heavy atom. The Morgan fingerprint density at radius 1 is 1.30 bits per heavy atom. The summed E-state index contributed by atoms with van der Waals surface area (Å²) >= 11 is 0. The number of hydrogen-bond donors (Lipinski definition) is 1. The van der Waals surface area contributed by atoms with Gasteiger partial charge >= 0.3 is 0 Å². The topological polar surface area (TPSA) is 70.8 Å². The molecule has 1 aliphatic carbocycles. The van der Waals surface area contributed by atoms with Crippen LogP contribution in [0, 0.1) is 13.8 Å². The predicted octanol–water partition coefficient (Wildman–Crippen LogP) is 2.34. The summed E-state index contributed by atoms with van der Waals surface area (Å²) in [6.07, 6.45) is 3.65. The molecule has 5 nitrogen and oxygen atoms in total. The van der Waals surface area contributed by atoms with Crippen LogP contribution in [0.25, 0.3) is 0 Å². The van der Waals surface area contributed by atoms with E-state index in [1.807, 2.05) is 6.92 Å². The van der Waals surface area contributed by atoms with Crippen molar-refractivity contribution >= 4 is 10.0 Å². The Bertz CT molecular complexity index is 572. The molecule has 0 radical (unpaired) electrons. The van der Waals surface area contributed by atoms with Gasteiger partial charge < -0.3 is 9.52 Å². The lowest BCUT2D eigenvalue weighted by molar-refractivity contribution is 0.276. The van der Waals surface area contributed by atoms with E-state index in [0.717, 1.165) is 25.7 Å². The molecule has 0 atom stereocenters. The van der Waals surface area contributed by atoms with Crippen LogP contribution in [-0.2, 0) is 16.6 Å². The van der Waals surface area contributed by atoms with Gasteiger partial charge in [0.25, 0.3) is 0 Å². The Balaban J connectivity index is 2.42. The van der Waals surface area contributed by atoms with Crippen molar-refractivity contribution < 1.29 is 17.9 Å². The van der Waals surface area contributed by atoms with Gasteiger partial charge in [0.15, 0.2) is 0 Å². The average molecular weight is 301 g/mol. The van der Waals surface area contributed by atoms with E-state index >= 15 is 0 Å². The van der Waals surface area contributed by atoms with Gasteiger partial charge in [0.05, 0.1) is 6.61 Å². The number of aliphatic hydroxyl groups excluding tert-OH is 1. The van der Waals surface area contributed by atoms with Gasteiger partial charge in [0.2, 0.25) is 10.0 Å². The van der Waals surface area contributed by atoms with Crippen molar-refractivity contribution in [2.45, 2.75) is 64.0 Å². The molecule has 0 bridgehead atoms. The monoisotopic (exact) mass is 301 g/mol. The molecule has 0 aliphatic heterocycles. The number of aliphatic hydroxyl groups is 1. The maximum atomic E-state index is 12.9. The standard InChI is InChI=1S/C14H23NO4S/c1-4-5-8-15(12-6-7-12)20(17,18)14-11(3)19-10(2)13(14)9-16/h12,16H,4-9H2,1-3H3. The quantitative estimate of drug-likeness (QED) is 0.839. The fraction of sp³-hybridized carbons (Fsp3) is 0.714. The van der Waals surface area contributed by atoms with Crippen LogP contribution in [0.2, 0.25) is 0 Å². The molecule has 1 fully saturated rings. The molecule has 0 spiro atoms. The zero-order valence-corrected chi connectivity index (χ0v) is 13.2. The van der Waals surface area contributed by atoms with Crippen molar-refractivity contribution in [2.75, 3.05) is 6.54 Å². The molecule has 1 aromatic heterocycles. The number of furan rings is 1. The van der Waals surface area contributed by atoms with Crippen LogP contribution in [0.5, 0.6) is 0 Å². The maximum absolute atomic E-state index is 12.9. The van der Waals surface area contributed by atoms with E-state index in [1.54, 1.807) is 18.2 Å². The van der Waals surface area contributed by atoms with E-state index in [1.165, 1.54) is 0 Å². The molecule has 0 amide bonds. The summed E-state index contributed by atoms with van der Waals surface area (Å²) in [4.78, 5) is 0.167. The highest BCUT2D eigenvalue weighted by Crippen LogP contribution is 2.36. The van der Waals surface area contributed by atoms with Crippen molar-refractivity contribution in [1.29, 1.82) is 0 Å². The molecular formula is C14H23NO4S. The number of unbranched alkanes of at least 4 members (excludes halogenated alkanes) is 1. The van der Waals surface area contributed by atoms with Crippen LogP contribution in [0.4, 0.5) is 0 Å². The van der Waals surface area contributed by atoms with Crippen LogP contribution in [0.15, 0.2) is 9.31 Å². The Hall–Kier alpha value is -0.850. The van der Waals surface area contributed by atoms with Gasteiger partial charge in [-0.15, -0.1) is 0 Å². The number of hydrogen-bond acceptors (Lipinski definition) is 4. The highest BCUT2D eigenvalue weighted by atomic mass is 32.2. The summed E-state index contributed by atoms with van der Waals surface area (Å²) in [5.74, 6) is 0.850. The van der Waals surface area contributed by atoms with E-state index in [2.05, 4.69) is 0 Å². The van der Waals surface area contributed by atoms with Crippen molar-refractivity contribution in [3.8, 4) is 0 Å². The fourth-order valence-corrected chi connectivity index (χ4v) is 4.66. The molecule has 0 saturated heterocycles. The zero-order chi connectivity index (χ0) is 14.9. The largest absolute Gasteiger partial charge is 0.465 e. The van der Waals surface area contributed by atoms with Crippen molar-refractivity contribution in [2.24, 2.45) is 0 Å². The lowest BCUT2D eigenvalue weighted by Gasteiger charge is -2.22. The molecule has 114 valence electrons. The number of aryl methyl sites for hydroxylation is 2. The summed E-state index contributed by atoms with van der Waals surface area (Å²) in [5, 5.41) is 9.45. The van der Waals surface area contributed by atoms with E-state index in [9.17, 15) is 13.5 Å². The van der Waals surface area contributed by atoms with Crippen LogP contribution < -0.4 is 0 Å². The van der Waals surface area contributed by atoms with E-state index in [-0.39, 0.29) is 17.5 Å². The molecule has 6 heteroatoms. The minimum Gasteiger partial charge on any atom is -0.465 e. The molecule has 20 heavy (non-hydrogen) atoms. The lowest BCUT2D eigenvalue weighted by Crippen LogP contribution is -2.34. The minimum atomic E-state index is -3.58. The highest BCUT2D eigenvalue weighted by molar-refractivity contribution is 7.89. The molecule has 1 aliphatic rings. The van der Waals surface area contributed by atoms with Gasteiger partial charge in [-0.05, 0) is 33.1 Å². The molecule has 1 N–H and O–H groups in total. The molecular weight excluding hydrogens is 278 g/mol. The third kappa shape index (κ3) is 2.77. The summed E-state index contributed by atoms with van der Waals surface area (Å²) in [6.45, 7) is 5.60. The van der Waals surface area contributed by atoms with Gasteiger partial charge in [0, 0.05) is 18.2 Å². The van der Waals surface area contributed by atoms with E-state index < -0.39 is 10.0 Å². The van der Waals surface area contributed by atoms with E-state index in [4.69, 9.17) is 4.42 Å². The molecule has 2 rings (SSSR count). The summed E-state index contributed by atoms with van der Waals surface area (Å²) < 4.78 is 32.8. The van der Waals surface area contributed by atoms with Gasteiger partial charge in [-0.25, -0.2) is 8.42 Å². The van der Waals surface area contributed by atoms with Crippen molar-refractivity contribution in [1.82, 2.24) is 4.31 Å². The highest BCUT2D eigenvalue weighted by Gasteiger charge is 2.40. The Morgan fingerprint density at radius 3 is 2.45 bits per heavy atom. The molecule has 1 aromatic rings. The molecule has 1 saturated carbocycles. The zero-order valence-electron chi connectivity index (χ0n) is 12.3. The van der Waals surface area contributed by atoms with Crippen LogP contribution in [-0.4, -0.2) is 30.4 Å². The van der Waals surface area contributed by atoms with E-state index in [0.29, 0.717) is 23.6 Å². The SMILES string of the molecule is CCCCN(C1CC1)S(=O)(=O)c1c(C)oc(C)c1CO. The smallest absolute Gasteiger partial charge is 0.247 e. The second-order valence-electron chi connectivity index (χ2n) is 5.38. The van der Waals surface area contributed by atoms with Crippen LogP contribution >= 0.6 is 0 Å². The van der Waals surface area contributed by atoms with Crippen molar-refractivity contribution in [3.05, 3.63) is 17.1 Å². The maximum Gasteiger partial charge on any atom is 0.247 e. The second-order valence-corrected chi connectivity index (χ2v) is 7.21. The van der Waals surface area contributed by atoms with Gasteiger partial charge in [0.1, 0.15) is 16.4 Å². The number of sulfonamides is 1. The van der Waals surface area contributed by atoms with Gasteiger partial charge in [-0.1, -0.05) is 13.3 Å². The molecule has 0 aromatic carbocycles. The first-order valence-corrected chi connectivity index (χ1v) is 8.59. The predicted molar refractivity (Wildman–Crippen MR) is 75.9 cm³/mol. The molecule has 0 unspecified atom stereocenters. The van der Waals surface area contributed by atoms with Crippen LogP contribution in [0.3, 0.4) is 0 Å². The normalized spacial score (nSPS) is 16.1. The summed E-state index contributed by atoms with van der Waals surface area (Å²) in [7, 11) is -3.58. The Kier molecular flexibility index (Phi) is 4.56. The summed E-state index contributed by atoms with van der Waals surface area (Å²) in [6, 6.07) is 0.118.